The van der Waals surface area contributed by atoms with Gasteiger partial charge in [0.2, 0.25) is 5.91 Å². The van der Waals surface area contributed by atoms with Crippen LogP contribution >= 0.6 is 0 Å². The van der Waals surface area contributed by atoms with Crippen LogP contribution in [0.3, 0.4) is 0 Å². The Balaban J connectivity index is 2.02. The number of likely N-dealkylation sites (tertiary alicyclic amines) is 1. The largest absolute Gasteiger partial charge is 0.481 e. The zero-order valence-corrected chi connectivity index (χ0v) is 12.5. The van der Waals surface area contributed by atoms with E-state index in [-0.39, 0.29) is 17.9 Å². The Morgan fingerprint density at radius 2 is 1.75 bits per heavy atom. The molecule has 5 heteroatoms. The topological polar surface area (TPSA) is 60.9 Å². The average Bonchev–Trinajstić information content (AvgIpc) is 2.45. The number of hydrogen-bond donors (Lipinski definition) is 1. The van der Waals surface area contributed by atoms with Gasteiger partial charge >= 0.3 is 5.97 Å². The quantitative estimate of drug-likeness (QED) is 0.850. The normalized spacial score (nSPS) is 31.8. The number of carbonyl (C=O) groups excluding carboxylic acids is 1. The second-order valence-corrected chi connectivity index (χ2v) is 6.34. The van der Waals surface area contributed by atoms with Gasteiger partial charge in [0.25, 0.3) is 0 Å². The van der Waals surface area contributed by atoms with E-state index in [9.17, 15) is 14.7 Å². The monoisotopic (exact) mass is 282 g/mol. The van der Waals surface area contributed by atoms with Crippen molar-refractivity contribution in [3.63, 3.8) is 0 Å². The molecule has 3 atom stereocenters. The van der Waals surface area contributed by atoms with Crippen molar-refractivity contribution in [2.75, 3.05) is 27.2 Å². The molecule has 1 saturated heterocycles. The van der Waals surface area contributed by atoms with Crippen LogP contribution in [0.2, 0.25) is 0 Å². The summed E-state index contributed by atoms with van der Waals surface area (Å²) in [4.78, 5) is 28.1. The highest BCUT2D eigenvalue weighted by Crippen LogP contribution is 2.32. The number of likely N-dealkylation sites (N-methyl/N-ethyl adjacent to an activating group) is 2. The van der Waals surface area contributed by atoms with E-state index < -0.39 is 11.9 Å². The van der Waals surface area contributed by atoms with Crippen molar-refractivity contribution in [2.45, 2.75) is 44.6 Å². The molecule has 1 N–H and O–H groups in total. The van der Waals surface area contributed by atoms with E-state index in [0.717, 1.165) is 45.2 Å². The lowest BCUT2D eigenvalue weighted by atomic mass is 9.78. The summed E-state index contributed by atoms with van der Waals surface area (Å²) < 4.78 is 0. The summed E-state index contributed by atoms with van der Waals surface area (Å²) in [5.74, 6) is -1.58. The van der Waals surface area contributed by atoms with Gasteiger partial charge in [0.15, 0.2) is 0 Å². The number of nitrogens with zero attached hydrogens (tertiary/aromatic N) is 2. The summed E-state index contributed by atoms with van der Waals surface area (Å²) in [5, 5.41) is 9.31. The van der Waals surface area contributed by atoms with Crippen molar-refractivity contribution in [3.05, 3.63) is 0 Å². The van der Waals surface area contributed by atoms with E-state index in [1.165, 1.54) is 0 Å². The van der Waals surface area contributed by atoms with Gasteiger partial charge < -0.3 is 14.9 Å². The molecule has 2 fully saturated rings. The molecule has 1 heterocycles. The number of carboxylic acid groups (broad SMARTS) is 1. The molecular weight excluding hydrogens is 256 g/mol. The molecule has 0 spiro atoms. The minimum atomic E-state index is -0.808. The van der Waals surface area contributed by atoms with Crippen LogP contribution in [0.15, 0.2) is 0 Å². The van der Waals surface area contributed by atoms with Gasteiger partial charge in [0.1, 0.15) is 0 Å². The van der Waals surface area contributed by atoms with Crippen LogP contribution < -0.4 is 0 Å². The molecule has 2 rings (SSSR count). The number of carbonyl (C=O) groups is 2. The van der Waals surface area contributed by atoms with E-state index >= 15 is 0 Å². The van der Waals surface area contributed by atoms with Crippen LogP contribution in [0, 0.1) is 11.8 Å². The number of piperidine rings is 1. The summed E-state index contributed by atoms with van der Waals surface area (Å²) >= 11 is 0. The van der Waals surface area contributed by atoms with E-state index in [4.69, 9.17) is 0 Å². The third-order valence-electron chi connectivity index (χ3n) is 4.90. The standard InChI is InChI=1S/C15H26N2O3/c1-16-9-5-6-11(10-16)17(2)14(18)12-7-3-4-8-13(12)15(19)20/h11-13H,3-10H2,1-2H3,(H,19,20)/t11?,12-,13+/m1/s1. The Kier molecular flexibility index (Phi) is 5.02. The number of rotatable bonds is 3. The van der Waals surface area contributed by atoms with E-state index in [1.54, 1.807) is 0 Å². The van der Waals surface area contributed by atoms with Gasteiger partial charge in [-0.2, -0.15) is 0 Å². The highest BCUT2D eigenvalue weighted by atomic mass is 16.4. The minimum absolute atomic E-state index is 0.0393. The summed E-state index contributed by atoms with van der Waals surface area (Å²) in [5.41, 5.74) is 0. The highest BCUT2D eigenvalue weighted by Gasteiger charge is 2.38. The predicted molar refractivity (Wildman–Crippen MR) is 76.4 cm³/mol. The molecular formula is C15H26N2O3. The molecule has 1 aliphatic carbocycles. The third kappa shape index (κ3) is 3.32. The van der Waals surface area contributed by atoms with Gasteiger partial charge in [0, 0.05) is 19.6 Å². The number of amides is 1. The van der Waals surface area contributed by atoms with Gasteiger partial charge in [-0.3, -0.25) is 9.59 Å². The smallest absolute Gasteiger partial charge is 0.307 e. The molecule has 0 aromatic heterocycles. The molecule has 5 nitrogen and oxygen atoms in total. The Bertz CT molecular complexity index is 372. The Morgan fingerprint density at radius 3 is 2.35 bits per heavy atom. The van der Waals surface area contributed by atoms with Gasteiger partial charge in [-0.25, -0.2) is 0 Å². The lowest BCUT2D eigenvalue weighted by molar-refractivity contribution is -0.153. The molecule has 20 heavy (non-hydrogen) atoms. The Morgan fingerprint density at radius 1 is 1.10 bits per heavy atom. The fourth-order valence-electron chi connectivity index (χ4n) is 3.62. The summed E-state index contributed by atoms with van der Waals surface area (Å²) in [7, 11) is 3.92. The maximum Gasteiger partial charge on any atom is 0.307 e. The number of aliphatic carboxylic acids is 1. The molecule has 0 radical (unpaired) electrons. The van der Waals surface area contributed by atoms with Gasteiger partial charge in [0.05, 0.1) is 11.8 Å². The minimum Gasteiger partial charge on any atom is -0.481 e. The molecule has 1 aliphatic heterocycles. The summed E-state index contributed by atoms with van der Waals surface area (Å²) in [6, 6.07) is 0.234. The fraction of sp³-hybridized carbons (Fsp3) is 0.867. The first kappa shape index (κ1) is 15.3. The van der Waals surface area contributed by atoms with Crippen LogP contribution in [0.25, 0.3) is 0 Å². The number of hydrogen-bond acceptors (Lipinski definition) is 3. The van der Waals surface area contributed by atoms with Gasteiger partial charge in [-0.1, -0.05) is 12.8 Å². The molecule has 0 aromatic rings. The zero-order chi connectivity index (χ0) is 14.7. The zero-order valence-electron chi connectivity index (χ0n) is 12.5. The average molecular weight is 282 g/mol. The predicted octanol–water partition coefficient (Wildman–Crippen LogP) is 1.43. The molecule has 114 valence electrons. The van der Waals surface area contributed by atoms with E-state index in [1.807, 2.05) is 11.9 Å². The maximum absolute atomic E-state index is 12.7. The van der Waals surface area contributed by atoms with Crippen LogP contribution in [0.1, 0.15) is 38.5 Å². The van der Waals surface area contributed by atoms with Crippen molar-refractivity contribution in [2.24, 2.45) is 11.8 Å². The Labute approximate surface area is 120 Å². The highest BCUT2D eigenvalue weighted by molar-refractivity contribution is 5.85. The van der Waals surface area contributed by atoms with Gasteiger partial charge in [-0.05, 0) is 39.3 Å². The van der Waals surface area contributed by atoms with Crippen LogP contribution in [-0.2, 0) is 9.59 Å². The first-order valence-electron chi connectivity index (χ1n) is 7.68. The SMILES string of the molecule is CN1CCCC(N(C)C(=O)[C@@H]2CCCC[C@@H]2C(=O)O)C1. The summed E-state index contributed by atoms with van der Waals surface area (Å²) in [6.07, 6.45) is 5.39. The van der Waals surface area contributed by atoms with Crippen molar-refractivity contribution >= 4 is 11.9 Å². The lowest BCUT2D eigenvalue weighted by Gasteiger charge is -2.39. The maximum atomic E-state index is 12.7. The first-order valence-corrected chi connectivity index (χ1v) is 7.68. The molecule has 1 unspecified atom stereocenters. The second kappa shape index (κ2) is 6.57. The molecule has 0 aromatic carbocycles. The third-order valence-corrected chi connectivity index (χ3v) is 4.90. The summed E-state index contributed by atoms with van der Waals surface area (Å²) in [6.45, 7) is 1.98. The van der Waals surface area contributed by atoms with E-state index in [0.29, 0.717) is 6.42 Å². The van der Waals surface area contributed by atoms with Crippen LogP contribution in [0.5, 0.6) is 0 Å². The second-order valence-electron chi connectivity index (χ2n) is 6.34. The first-order chi connectivity index (χ1) is 9.50. The van der Waals surface area contributed by atoms with Crippen molar-refractivity contribution < 1.29 is 14.7 Å². The fourth-order valence-corrected chi connectivity index (χ4v) is 3.62. The molecule has 0 bridgehead atoms. The Hall–Kier alpha value is -1.10. The van der Waals surface area contributed by atoms with Crippen molar-refractivity contribution in [3.8, 4) is 0 Å². The van der Waals surface area contributed by atoms with E-state index in [2.05, 4.69) is 11.9 Å². The van der Waals surface area contributed by atoms with Crippen molar-refractivity contribution in [1.29, 1.82) is 0 Å². The number of carboxylic acids is 1. The van der Waals surface area contributed by atoms with Crippen molar-refractivity contribution in [1.82, 2.24) is 9.80 Å². The lowest BCUT2D eigenvalue weighted by Crippen LogP contribution is -2.50. The molecule has 2 aliphatic rings. The van der Waals surface area contributed by atoms with Crippen LogP contribution in [0.4, 0.5) is 0 Å². The van der Waals surface area contributed by atoms with Gasteiger partial charge in [-0.15, -0.1) is 0 Å². The van der Waals surface area contributed by atoms with Crippen LogP contribution in [-0.4, -0.2) is 60.0 Å². The molecule has 1 amide bonds. The molecule has 1 saturated carbocycles.